The molecule has 0 aromatic heterocycles. The predicted octanol–water partition coefficient (Wildman–Crippen LogP) is 3.83. The summed E-state index contributed by atoms with van der Waals surface area (Å²) >= 11 is 11.1. The van der Waals surface area contributed by atoms with E-state index in [0.29, 0.717) is 23.8 Å². The van der Waals surface area contributed by atoms with E-state index in [1.165, 1.54) is 5.54 Å². The summed E-state index contributed by atoms with van der Waals surface area (Å²) in [4.78, 5) is 10.8. The van der Waals surface area contributed by atoms with Crippen molar-refractivity contribution >= 4 is 29.2 Å². The van der Waals surface area contributed by atoms with Gasteiger partial charge in [-0.25, -0.2) is 0 Å². The Morgan fingerprint density at radius 2 is 2.00 bits per heavy atom. The van der Waals surface area contributed by atoms with E-state index in [2.05, 4.69) is 13.8 Å². The lowest BCUT2D eigenvalue weighted by Crippen LogP contribution is -2.14. The second-order valence-electron chi connectivity index (χ2n) is 3.77. The third kappa shape index (κ3) is 6.28. The lowest BCUT2D eigenvalue weighted by atomic mass is 9.95. The molecule has 0 aliphatic carbocycles. The standard InChI is InChI=1S/C10H16Cl2O2/c1-7(2)3-4-8(10(13)14)5-9(12)6-11/h6-8H,3-5H2,1-2H3,(H,13,14)/b9-6-. The first kappa shape index (κ1) is 13.8. The monoisotopic (exact) mass is 238 g/mol. The van der Waals surface area contributed by atoms with Crippen LogP contribution in [0.4, 0.5) is 0 Å². The maximum absolute atomic E-state index is 10.8. The van der Waals surface area contributed by atoms with E-state index in [4.69, 9.17) is 28.3 Å². The van der Waals surface area contributed by atoms with Crippen molar-refractivity contribution in [3.63, 3.8) is 0 Å². The summed E-state index contributed by atoms with van der Waals surface area (Å²) in [6, 6.07) is 0. The minimum atomic E-state index is -0.803. The van der Waals surface area contributed by atoms with Gasteiger partial charge < -0.3 is 5.11 Å². The highest BCUT2D eigenvalue weighted by Gasteiger charge is 2.18. The molecule has 0 spiro atoms. The number of allylic oxidation sites excluding steroid dienone is 1. The smallest absolute Gasteiger partial charge is 0.306 e. The van der Waals surface area contributed by atoms with Crippen LogP contribution in [-0.2, 0) is 4.79 Å². The fraction of sp³-hybridized carbons (Fsp3) is 0.700. The minimum absolute atomic E-state index is 0.326. The lowest BCUT2D eigenvalue weighted by molar-refractivity contribution is -0.141. The van der Waals surface area contributed by atoms with E-state index in [0.717, 1.165) is 6.42 Å². The molecule has 0 saturated carbocycles. The maximum atomic E-state index is 10.8. The van der Waals surface area contributed by atoms with Gasteiger partial charge in [0.25, 0.3) is 0 Å². The van der Waals surface area contributed by atoms with Crippen molar-refractivity contribution in [1.82, 2.24) is 0 Å². The molecule has 1 atom stereocenters. The van der Waals surface area contributed by atoms with Gasteiger partial charge in [0.15, 0.2) is 0 Å². The van der Waals surface area contributed by atoms with Crippen molar-refractivity contribution in [1.29, 1.82) is 0 Å². The molecule has 0 aromatic carbocycles. The van der Waals surface area contributed by atoms with Crippen molar-refractivity contribution in [3.8, 4) is 0 Å². The normalized spacial score (nSPS) is 14.5. The molecule has 0 bridgehead atoms. The topological polar surface area (TPSA) is 37.3 Å². The number of carboxylic acids is 1. The molecule has 0 aliphatic heterocycles. The zero-order valence-electron chi connectivity index (χ0n) is 8.46. The molecule has 0 aliphatic rings. The summed E-state index contributed by atoms with van der Waals surface area (Å²) in [6.07, 6.45) is 1.87. The molecule has 4 heteroatoms. The minimum Gasteiger partial charge on any atom is -0.481 e. The van der Waals surface area contributed by atoms with Gasteiger partial charge in [-0.05, 0) is 18.8 Å². The van der Waals surface area contributed by atoms with Gasteiger partial charge in [-0.2, -0.15) is 0 Å². The van der Waals surface area contributed by atoms with Crippen LogP contribution in [-0.4, -0.2) is 11.1 Å². The van der Waals surface area contributed by atoms with Gasteiger partial charge in [0.05, 0.1) is 5.92 Å². The van der Waals surface area contributed by atoms with Crippen molar-refractivity contribution in [3.05, 3.63) is 10.6 Å². The van der Waals surface area contributed by atoms with Crippen molar-refractivity contribution < 1.29 is 9.90 Å². The predicted molar refractivity (Wildman–Crippen MR) is 59.6 cm³/mol. The molecule has 0 radical (unpaired) electrons. The molecule has 1 N–H and O–H groups in total. The molecular weight excluding hydrogens is 223 g/mol. The van der Waals surface area contributed by atoms with Crippen LogP contribution in [0.15, 0.2) is 10.6 Å². The second kappa shape index (κ2) is 7.13. The lowest BCUT2D eigenvalue weighted by Gasteiger charge is -2.12. The second-order valence-corrected chi connectivity index (χ2v) is 4.47. The fourth-order valence-electron chi connectivity index (χ4n) is 1.13. The van der Waals surface area contributed by atoms with Crippen LogP contribution < -0.4 is 0 Å². The molecule has 0 saturated heterocycles. The number of carbonyl (C=O) groups is 1. The first-order valence-corrected chi connectivity index (χ1v) is 5.46. The Morgan fingerprint density at radius 1 is 1.43 bits per heavy atom. The van der Waals surface area contributed by atoms with Crippen LogP contribution in [0, 0.1) is 11.8 Å². The zero-order valence-corrected chi connectivity index (χ0v) is 9.98. The maximum Gasteiger partial charge on any atom is 0.306 e. The van der Waals surface area contributed by atoms with Crippen LogP contribution in [0.2, 0.25) is 0 Å². The first-order valence-electron chi connectivity index (χ1n) is 4.65. The van der Waals surface area contributed by atoms with E-state index in [1.54, 1.807) is 0 Å². The zero-order chi connectivity index (χ0) is 11.1. The number of hydrogen-bond acceptors (Lipinski definition) is 1. The molecule has 82 valence electrons. The third-order valence-corrected chi connectivity index (χ3v) is 2.64. The summed E-state index contributed by atoms with van der Waals surface area (Å²) in [7, 11) is 0. The van der Waals surface area contributed by atoms with E-state index in [-0.39, 0.29) is 0 Å². The molecule has 0 fully saturated rings. The summed E-state index contributed by atoms with van der Waals surface area (Å²) in [5.74, 6) is -0.710. The Bertz CT molecular complexity index is 212. The Kier molecular flexibility index (Phi) is 7.02. The average molecular weight is 239 g/mol. The van der Waals surface area contributed by atoms with E-state index < -0.39 is 11.9 Å². The van der Waals surface area contributed by atoms with Gasteiger partial charge in [-0.1, -0.05) is 43.5 Å². The largest absolute Gasteiger partial charge is 0.481 e. The van der Waals surface area contributed by atoms with Gasteiger partial charge >= 0.3 is 5.97 Å². The summed E-state index contributed by atoms with van der Waals surface area (Å²) in [5.41, 5.74) is 1.23. The summed E-state index contributed by atoms with van der Waals surface area (Å²) in [6.45, 7) is 4.13. The SMILES string of the molecule is CC(C)CCC(C/C(Cl)=C/Cl)C(=O)O. The number of aliphatic carboxylic acids is 1. The molecule has 14 heavy (non-hydrogen) atoms. The van der Waals surface area contributed by atoms with Gasteiger partial charge in [0.1, 0.15) is 0 Å². The van der Waals surface area contributed by atoms with Crippen molar-refractivity contribution in [2.75, 3.05) is 0 Å². The highest BCUT2D eigenvalue weighted by atomic mass is 35.5. The van der Waals surface area contributed by atoms with Crippen LogP contribution >= 0.6 is 23.2 Å². The van der Waals surface area contributed by atoms with E-state index in [1.807, 2.05) is 0 Å². The number of halogens is 2. The van der Waals surface area contributed by atoms with Crippen LogP contribution in [0.1, 0.15) is 33.1 Å². The number of rotatable bonds is 6. The fourth-order valence-corrected chi connectivity index (χ4v) is 1.40. The van der Waals surface area contributed by atoms with Crippen molar-refractivity contribution in [2.45, 2.75) is 33.1 Å². The van der Waals surface area contributed by atoms with Gasteiger partial charge in [-0.3, -0.25) is 4.79 Å². The van der Waals surface area contributed by atoms with E-state index in [9.17, 15) is 4.79 Å². The van der Waals surface area contributed by atoms with Gasteiger partial charge in [0, 0.05) is 10.6 Å². The Morgan fingerprint density at radius 3 is 2.36 bits per heavy atom. The highest BCUT2D eigenvalue weighted by Crippen LogP contribution is 2.22. The molecule has 0 rings (SSSR count). The Balaban J connectivity index is 4.10. The molecule has 0 amide bonds. The van der Waals surface area contributed by atoms with Crippen molar-refractivity contribution in [2.24, 2.45) is 11.8 Å². The first-order chi connectivity index (χ1) is 6.47. The number of carboxylic acid groups (broad SMARTS) is 1. The van der Waals surface area contributed by atoms with Crippen LogP contribution in [0.3, 0.4) is 0 Å². The third-order valence-electron chi connectivity index (χ3n) is 2.00. The average Bonchev–Trinajstić information content (AvgIpc) is 2.10. The molecule has 2 nitrogen and oxygen atoms in total. The van der Waals surface area contributed by atoms with Crippen LogP contribution in [0.5, 0.6) is 0 Å². The van der Waals surface area contributed by atoms with Gasteiger partial charge in [-0.15, -0.1) is 0 Å². The summed E-state index contributed by atoms with van der Waals surface area (Å²) in [5, 5.41) is 9.31. The quantitative estimate of drug-likeness (QED) is 0.764. The van der Waals surface area contributed by atoms with Gasteiger partial charge in [0.2, 0.25) is 0 Å². The molecule has 0 heterocycles. The molecular formula is C10H16Cl2O2. The Labute approximate surface area is 94.9 Å². The van der Waals surface area contributed by atoms with Crippen LogP contribution in [0.25, 0.3) is 0 Å². The Hall–Kier alpha value is -0.210. The molecule has 0 aromatic rings. The highest BCUT2D eigenvalue weighted by molar-refractivity contribution is 6.36. The number of hydrogen-bond donors (Lipinski definition) is 1. The van der Waals surface area contributed by atoms with E-state index >= 15 is 0 Å². The molecule has 1 unspecified atom stereocenters. The summed E-state index contributed by atoms with van der Waals surface area (Å²) < 4.78 is 0.